The molecule has 0 bridgehead atoms. The number of anilines is 1. The number of pyridine rings is 2. The molecule has 3 heterocycles. The first-order valence-electron chi connectivity index (χ1n) is 12.9. The first kappa shape index (κ1) is 28.1. The van der Waals surface area contributed by atoms with Crippen LogP contribution in [0.25, 0.3) is 27.7 Å². The minimum atomic E-state index is 0.672. The van der Waals surface area contributed by atoms with E-state index >= 15 is 0 Å². The molecule has 0 amide bonds. The molecule has 0 aliphatic heterocycles. The molecule has 0 unspecified atom stereocenters. The van der Waals surface area contributed by atoms with Crippen molar-refractivity contribution in [1.82, 2.24) is 25.5 Å². The average molecular weight is 507 g/mol. The Balaban J connectivity index is 1.94. The highest BCUT2D eigenvalue weighted by Crippen LogP contribution is 2.29. The van der Waals surface area contributed by atoms with Gasteiger partial charge in [-0.3, -0.25) is 15.1 Å². The fraction of sp³-hybridized carbons (Fsp3) is 0.219. The molecule has 0 aliphatic carbocycles. The van der Waals surface area contributed by atoms with Crippen molar-refractivity contribution >= 4 is 33.4 Å². The molecular formula is C32H38N6. The molecule has 0 saturated carbocycles. The van der Waals surface area contributed by atoms with Gasteiger partial charge in [0.25, 0.3) is 0 Å². The maximum atomic E-state index is 4.67. The van der Waals surface area contributed by atoms with Gasteiger partial charge in [-0.2, -0.15) is 5.10 Å². The number of H-pyrrole nitrogens is 1. The first-order valence-corrected chi connectivity index (χ1v) is 12.9. The molecule has 0 fully saturated rings. The van der Waals surface area contributed by atoms with Crippen LogP contribution in [0.15, 0.2) is 92.2 Å². The Hall–Kier alpha value is -4.45. The zero-order valence-electron chi connectivity index (χ0n) is 23.2. The second-order valence-electron chi connectivity index (χ2n) is 8.92. The van der Waals surface area contributed by atoms with Crippen LogP contribution in [0.4, 0.5) is 5.69 Å². The number of fused-ring (bicyclic) bond motifs is 1. The third-order valence-corrected chi connectivity index (χ3v) is 6.21. The Bertz CT molecular complexity index is 1460. The van der Waals surface area contributed by atoms with E-state index in [1.165, 1.54) is 0 Å². The van der Waals surface area contributed by atoms with Gasteiger partial charge in [0.15, 0.2) is 0 Å². The Labute approximate surface area is 226 Å². The lowest BCUT2D eigenvalue weighted by molar-refractivity contribution is 0.829. The summed E-state index contributed by atoms with van der Waals surface area (Å²) in [5, 5.41) is 15.3. The summed E-state index contributed by atoms with van der Waals surface area (Å²) < 4.78 is 0. The van der Waals surface area contributed by atoms with Crippen LogP contribution in [0.1, 0.15) is 63.1 Å². The molecule has 196 valence electrons. The minimum absolute atomic E-state index is 0.672. The lowest BCUT2D eigenvalue weighted by atomic mass is 10.0. The molecule has 38 heavy (non-hydrogen) atoms. The molecule has 3 aromatic heterocycles. The Morgan fingerprint density at radius 2 is 1.84 bits per heavy atom. The van der Waals surface area contributed by atoms with E-state index in [1.54, 1.807) is 12.3 Å². The second-order valence-corrected chi connectivity index (χ2v) is 8.92. The number of rotatable bonds is 12. The molecule has 0 aliphatic rings. The van der Waals surface area contributed by atoms with Crippen LogP contribution in [0.3, 0.4) is 0 Å². The zero-order chi connectivity index (χ0) is 27.7. The average Bonchev–Trinajstić information content (AvgIpc) is 3.34. The van der Waals surface area contributed by atoms with E-state index in [-0.39, 0.29) is 0 Å². The number of hydrogen-bond acceptors (Lipinski definition) is 5. The van der Waals surface area contributed by atoms with Gasteiger partial charge in [-0.1, -0.05) is 57.4 Å². The van der Waals surface area contributed by atoms with Crippen molar-refractivity contribution in [3.8, 4) is 0 Å². The van der Waals surface area contributed by atoms with Crippen LogP contribution in [0.5, 0.6) is 0 Å². The van der Waals surface area contributed by atoms with E-state index in [0.717, 1.165) is 74.5 Å². The maximum absolute atomic E-state index is 4.67. The van der Waals surface area contributed by atoms with Crippen molar-refractivity contribution in [2.75, 3.05) is 5.32 Å². The summed E-state index contributed by atoms with van der Waals surface area (Å²) in [5.74, 6) is 0. The predicted octanol–water partition coefficient (Wildman–Crippen LogP) is 8.10. The molecule has 0 spiro atoms. The van der Waals surface area contributed by atoms with Crippen molar-refractivity contribution in [3.63, 3.8) is 0 Å². The summed E-state index contributed by atoms with van der Waals surface area (Å²) in [4.78, 5) is 9.13. The molecule has 3 N–H and O–H groups in total. The highest BCUT2D eigenvalue weighted by molar-refractivity contribution is 5.94. The Morgan fingerprint density at radius 1 is 1.08 bits per heavy atom. The van der Waals surface area contributed by atoms with Gasteiger partial charge in [-0.05, 0) is 69.0 Å². The van der Waals surface area contributed by atoms with Gasteiger partial charge in [0.05, 0.1) is 35.0 Å². The quantitative estimate of drug-likeness (QED) is 0.216. The van der Waals surface area contributed by atoms with Crippen molar-refractivity contribution in [3.05, 3.63) is 115 Å². The number of hydrogen-bond donors (Lipinski definition) is 3. The van der Waals surface area contributed by atoms with E-state index in [4.69, 9.17) is 0 Å². The largest absolute Gasteiger partial charge is 0.359 e. The second kappa shape index (κ2) is 13.2. The highest BCUT2D eigenvalue weighted by Gasteiger charge is 2.14. The molecular weight excluding hydrogens is 468 g/mol. The lowest BCUT2D eigenvalue weighted by Crippen LogP contribution is -2.10. The van der Waals surface area contributed by atoms with Crippen LogP contribution in [0.2, 0.25) is 0 Å². The molecule has 0 aromatic carbocycles. The van der Waals surface area contributed by atoms with E-state index < -0.39 is 0 Å². The van der Waals surface area contributed by atoms with Crippen LogP contribution in [0, 0.1) is 6.92 Å². The summed E-state index contributed by atoms with van der Waals surface area (Å²) in [6.07, 6.45) is 19.5. The number of aromatic nitrogens is 4. The van der Waals surface area contributed by atoms with Crippen LogP contribution >= 0.6 is 0 Å². The summed E-state index contributed by atoms with van der Waals surface area (Å²) in [5.41, 5.74) is 10.00. The van der Waals surface area contributed by atoms with E-state index in [9.17, 15) is 0 Å². The van der Waals surface area contributed by atoms with Crippen molar-refractivity contribution in [2.45, 2.75) is 47.5 Å². The van der Waals surface area contributed by atoms with Gasteiger partial charge >= 0.3 is 0 Å². The zero-order valence-corrected chi connectivity index (χ0v) is 23.2. The third-order valence-electron chi connectivity index (χ3n) is 6.21. The number of nitrogens with one attached hydrogen (secondary N) is 3. The molecule has 3 aromatic rings. The Kier molecular flexibility index (Phi) is 9.77. The minimum Gasteiger partial charge on any atom is -0.359 e. The topological polar surface area (TPSA) is 78.5 Å². The first-order chi connectivity index (χ1) is 18.4. The van der Waals surface area contributed by atoms with Gasteiger partial charge in [-0.25, -0.2) is 0 Å². The smallest absolute Gasteiger partial charge is 0.116 e. The summed E-state index contributed by atoms with van der Waals surface area (Å²) >= 11 is 0. The van der Waals surface area contributed by atoms with Crippen molar-refractivity contribution in [1.29, 1.82) is 0 Å². The lowest BCUT2D eigenvalue weighted by Gasteiger charge is -2.14. The number of nitrogens with zero attached hydrogens (tertiary/aromatic N) is 3. The van der Waals surface area contributed by atoms with Gasteiger partial charge in [0, 0.05) is 28.5 Å². The fourth-order valence-electron chi connectivity index (χ4n) is 4.18. The van der Waals surface area contributed by atoms with Gasteiger partial charge < -0.3 is 10.6 Å². The summed E-state index contributed by atoms with van der Waals surface area (Å²) in [7, 11) is 0. The summed E-state index contributed by atoms with van der Waals surface area (Å²) in [6, 6.07) is 2.03. The fourth-order valence-corrected chi connectivity index (χ4v) is 4.18. The SMILES string of the molecule is C=C/C(=C\C(=C/C)c1cc2c(C(=C)Nc3cncc(C(/C=C\C)=C/C)c3C)n[nH]c2cn1)NC(=C)CCC. The van der Waals surface area contributed by atoms with Crippen LogP contribution in [-0.4, -0.2) is 20.2 Å². The standard InChI is InChI=1S/C32H38N6/c1-9-14-21(6)35-26(13-5)16-25(12-4)29-17-27-31(20-34-29)37-38-32(27)23(8)36-30-19-33-18-28(22(30)7)24(11-3)15-10-2/h10-13,15-20,35-36H,5-6,8-9,14H2,1-4,7H3,(H,37,38)/b15-10-,24-11+,25-12+,26-16+. The Morgan fingerprint density at radius 3 is 2.50 bits per heavy atom. The van der Waals surface area contributed by atoms with Crippen molar-refractivity contribution < 1.29 is 0 Å². The molecule has 6 nitrogen and oxygen atoms in total. The van der Waals surface area contributed by atoms with E-state index in [2.05, 4.69) is 76.5 Å². The molecule has 3 rings (SSSR count). The molecule has 0 saturated heterocycles. The maximum Gasteiger partial charge on any atom is 0.116 e. The van der Waals surface area contributed by atoms with Gasteiger partial charge in [0.2, 0.25) is 0 Å². The van der Waals surface area contributed by atoms with Gasteiger partial charge in [-0.15, -0.1) is 0 Å². The number of allylic oxidation sites excluding steroid dienone is 9. The van der Waals surface area contributed by atoms with Crippen molar-refractivity contribution in [2.24, 2.45) is 0 Å². The molecule has 0 radical (unpaired) electrons. The highest BCUT2D eigenvalue weighted by atomic mass is 15.1. The molecule has 0 atom stereocenters. The summed E-state index contributed by atoms with van der Waals surface area (Å²) in [6.45, 7) is 22.6. The normalized spacial score (nSPS) is 12.7. The van der Waals surface area contributed by atoms with Crippen LogP contribution < -0.4 is 10.6 Å². The third kappa shape index (κ3) is 6.45. The van der Waals surface area contributed by atoms with Gasteiger partial charge in [0.1, 0.15) is 5.69 Å². The number of aromatic amines is 1. The van der Waals surface area contributed by atoms with E-state index in [1.807, 2.05) is 57.5 Å². The monoisotopic (exact) mass is 506 g/mol. The molecule has 6 heteroatoms. The van der Waals surface area contributed by atoms with E-state index in [0.29, 0.717) is 5.70 Å². The van der Waals surface area contributed by atoms with Crippen LogP contribution in [-0.2, 0) is 0 Å². The predicted molar refractivity (Wildman–Crippen MR) is 163 cm³/mol.